The zero-order valence-corrected chi connectivity index (χ0v) is 7.96. The normalized spacial score (nSPS) is 35.5. The van der Waals surface area contributed by atoms with E-state index in [-0.39, 0.29) is 11.8 Å². The van der Waals surface area contributed by atoms with Gasteiger partial charge in [0.2, 0.25) is 11.8 Å². The first kappa shape index (κ1) is 8.53. The van der Waals surface area contributed by atoms with Gasteiger partial charge in [-0.3, -0.25) is 9.59 Å². The highest BCUT2D eigenvalue weighted by Crippen LogP contribution is 2.55. The van der Waals surface area contributed by atoms with Gasteiger partial charge in [0.25, 0.3) is 0 Å². The molecule has 0 aromatic heterocycles. The molecule has 2 fully saturated rings. The summed E-state index contributed by atoms with van der Waals surface area (Å²) in [4.78, 5) is 24.6. The lowest BCUT2D eigenvalue weighted by atomic mass is 10.2. The van der Waals surface area contributed by atoms with Crippen molar-refractivity contribution in [3.05, 3.63) is 0 Å². The standard InChI is InChI=1S/C9H14N2O2/c1-6(12)11-4-3-7-5-9(7,11)8(13)10-2/h7H,3-5H2,1-2H3,(H,10,13). The van der Waals surface area contributed by atoms with Crippen LogP contribution in [0.15, 0.2) is 0 Å². The van der Waals surface area contributed by atoms with E-state index in [1.807, 2.05) is 0 Å². The zero-order chi connectivity index (χ0) is 9.64. The van der Waals surface area contributed by atoms with E-state index >= 15 is 0 Å². The van der Waals surface area contributed by atoms with Gasteiger partial charge in [-0.1, -0.05) is 0 Å². The first-order valence-corrected chi connectivity index (χ1v) is 4.63. The van der Waals surface area contributed by atoms with Crippen LogP contribution in [-0.4, -0.2) is 35.8 Å². The van der Waals surface area contributed by atoms with Crippen LogP contribution in [-0.2, 0) is 9.59 Å². The molecule has 1 saturated heterocycles. The van der Waals surface area contributed by atoms with Crippen LogP contribution >= 0.6 is 0 Å². The number of likely N-dealkylation sites (N-methyl/N-ethyl adjacent to an activating group) is 1. The minimum absolute atomic E-state index is 0.00481. The van der Waals surface area contributed by atoms with E-state index in [4.69, 9.17) is 0 Å². The van der Waals surface area contributed by atoms with Crippen LogP contribution in [0.5, 0.6) is 0 Å². The predicted octanol–water partition coefficient (Wildman–Crippen LogP) is -0.257. The van der Waals surface area contributed by atoms with Gasteiger partial charge in [-0.2, -0.15) is 0 Å². The fourth-order valence-electron chi connectivity index (χ4n) is 2.53. The van der Waals surface area contributed by atoms with E-state index in [9.17, 15) is 9.59 Å². The summed E-state index contributed by atoms with van der Waals surface area (Å²) in [6, 6.07) is 0. The molecule has 0 spiro atoms. The van der Waals surface area contributed by atoms with Crippen LogP contribution in [0.25, 0.3) is 0 Å². The first-order valence-electron chi connectivity index (χ1n) is 4.63. The van der Waals surface area contributed by atoms with Gasteiger partial charge >= 0.3 is 0 Å². The quantitative estimate of drug-likeness (QED) is 0.607. The molecule has 1 aliphatic heterocycles. The molecule has 13 heavy (non-hydrogen) atoms. The molecule has 0 aromatic rings. The molecule has 1 saturated carbocycles. The molecule has 4 heteroatoms. The van der Waals surface area contributed by atoms with Crippen molar-refractivity contribution in [1.29, 1.82) is 0 Å². The minimum atomic E-state index is -0.458. The van der Waals surface area contributed by atoms with Crippen LogP contribution in [0.4, 0.5) is 0 Å². The minimum Gasteiger partial charge on any atom is -0.357 e. The molecule has 0 bridgehead atoms. The molecule has 2 rings (SSSR count). The number of hydrogen-bond donors (Lipinski definition) is 1. The van der Waals surface area contributed by atoms with Gasteiger partial charge in [0.1, 0.15) is 5.54 Å². The van der Waals surface area contributed by atoms with E-state index in [0.29, 0.717) is 5.92 Å². The highest BCUT2D eigenvalue weighted by atomic mass is 16.2. The second-order valence-corrected chi connectivity index (χ2v) is 3.86. The first-order chi connectivity index (χ1) is 6.13. The molecule has 0 aromatic carbocycles. The lowest BCUT2D eigenvalue weighted by Gasteiger charge is -2.25. The Morgan fingerprint density at radius 1 is 1.54 bits per heavy atom. The van der Waals surface area contributed by atoms with E-state index in [2.05, 4.69) is 5.32 Å². The number of hydrogen-bond acceptors (Lipinski definition) is 2. The van der Waals surface area contributed by atoms with Gasteiger partial charge in [-0.25, -0.2) is 0 Å². The van der Waals surface area contributed by atoms with Gasteiger partial charge in [-0.15, -0.1) is 0 Å². The highest BCUT2D eigenvalue weighted by Gasteiger charge is 2.67. The summed E-state index contributed by atoms with van der Waals surface area (Å²) in [5.41, 5.74) is -0.458. The lowest BCUT2D eigenvalue weighted by Crippen LogP contribution is -2.48. The molecule has 2 aliphatic rings. The van der Waals surface area contributed by atoms with Gasteiger partial charge in [0, 0.05) is 20.5 Å². The Balaban J connectivity index is 2.23. The van der Waals surface area contributed by atoms with Crippen LogP contribution in [0.3, 0.4) is 0 Å². The molecular weight excluding hydrogens is 168 g/mol. The summed E-state index contributed by atoms with van der Waals surface area (Å²) >= 11 is 0. The zero-order valence-electron chi connectivity index (χ0n) is 7.96. The number of nitrogens with zero attached hydrogens (tertiary/aromatic N) is 1. The summed E-state index contributed by atoms with van der Waals surface area (Å²) in [6.45, 7) is 2.28. The van der Waals surface area contributed by atoms with E-state index in [1.165, 1.54) is 6.92 Å². The summed E-state index contributed by atoms with van der Waals surface area (Å²) in [5.74, 6) is 0.435. The number of likely N-dealkylation sites (tertiary alicyclic amines) is 1. The van der Waals surface area contributed by atoms with Gasteiger partial charge in [0.15, 0.2) is 0 Å². The lowest BCUT2D eigenvalue weighted by molar-refractivity contribution is -0.139. The van der Waals surface area contributed by atoms with Crippen LogP contribution in [0.1, 0.15) is 19.8 Å². The highest BCUT2D eigenvalue weighted by molar-refractivity contribution is 5.95. The van der Waals surface area contributed by atoms with Crippen LogP contribution in [0.2, 0.25) is 0 Å². The van der Waals surface area contributed by atoms with Gasteiger partial charge in [0.05, 0.1) is 0 Å². The maximum absolute atomic E-state index is 11.6. The van der Waals surface area contributed by atoms with Crippen molar-refractivity contribution in [1.82, 2.24) is 10.2 Å². The summed E-state index contributed by atoms with van der Waals surface area (Å²) < 4.78 is 0. The van der Waals surface area contributed by atoms with Crippen molar-refractivity contribution < 1.29 is 9.59 Å². The molecule has 2 unspecified atom stereocenters. The van der Waals surface area contributed by atoms with E-state index in [0.717, 1.165) is 19.4 Å². The fraction of sp³-hybridized carbons (Fsp3) is 0.778. The Labute approximate surface area is 77.3 Å². The van der Waals surface area contributed by atoms with Crippen molar-refractivity contribution in [3.63, 3.8) is 0 Å². The van der Waals surface area contributed by atoms with Crippen LogP contribution < -0.4 is 5.32 Å². The van der Waals surface area contributed by atoms with Crippen molar-refractivity contribution >= 4 is 11.8 Å². The van der Waals surface area contributed by atoms with Crippen molar-refractivity contribution in [2.75, 3.05) is 13.6 Å². The van der Waals surface area contributed by atoms with Crippen molar-refractivity contribution in [3.8, 4) is 0 Å². The van der Waals surface area contributed by atoms with E-state index < -0.39 is 5.54 Å². The Bertz CT molecular complexity index is 277. The smallest absolute Gasteiger partial charge is 0.246 e. The SMILES string of the molecule is CNC(=O)C12CC1CCN2C(C)=O. The number of carbonyl (C=O) groups is 2. The molecule has 4 nitrogen and oxygen atoms in total. The molecule has 1 N–H and O–H groups in total. The number of nitrogens with one attached hydrogen (secondary N) is 1. The Hall–Kier alpha value is -1.06. The Morgan fingerprint density at radius 3 is 2.69 bits per heavy atom. The number of carbonyl (C=O) groups excluding carboxylic acids is 2. The third-order valence-corrected chi connectivity index (χ3v) is 3.26. The fourth-order valence-corrected chi connectivity index (χ4v) is 2.53. The second-order valence-electron chi connectivity index (χ2n) is 3.86. The molecule has 1 heterocycles. The molecule has 1 aliphatic carbocycles. The molecule has 0 radical (unpaired) electrons. The topological polar surface area (TPSA) is 49.4 Å². The van der Waals surface area contributed by atoms with Crippen molar-refractivity contribution in [2.45, 2.75) is 25.3 Å². The average Bonchev–Trinajstić information content (AvgIpc) is 2.71. The van der Waals surface area contributed by atoms with E-state index in [1.54, 1.807) is 11.9 Å². The number of amides is 2. The van der Waals surface area contributed by atoms with Crippen molar-refractivity contribution in [2.24, 2.45) is 5.92 Å². The number of rotatable bonds is 1. The second kappa shape index (κ2) is 2.47. The Morgan fingerprint density at radius 2 is 2.23 bits per heavy atom. The third-order valence-electron chi connectivity index (χ3n) is 3.26. The maximum Gasteiger partial charge on any atom is 0.246 e. The number of piperidine rings is 1. The monoisotopic (exact) mass is 182 g/mol. The van der Waals surface area contributed by atoms with Gasteiger partial charge < -0.3 is 10.2 Å². The maximum atomic E-state index is 11.6. The Kier molecular flexibility index (Phi) is 1.62. The molecule has 2 atom stereocenters. The summed E-state index contributed by atoms with van der Waals surface area (Å²) in [7, 11) is 1.63. The molecular formula is C9H14N2O2. The summed E-state index contributed by atoms with van der Waals surface area (Å²) in [6.07, 6.45) is 1.83. The summed E-state index contributed by atoms with van der Waals surface area (Å²) in [5, 5.41) is 2.64. The third kappa shape index (κ3) is 0.913. The number of fused-ring (bicyclic) bond motifs is 1. The molecule has 2 amide bonds. The van der Waals surface area contributed by atoms with Crippen LogP contribution in [0, 0.1) is 5.92 Å². The average molecular weight is 182 g/mol. The van der Waals surface area contributed by atoms with Gasteiger partial charge in [-0.05, 0) is 18.8 Å². The predicted molar refractivity (Wildman–Crippen MR) is 46.9 cm³/mol. The largest absolute Gasteiger partial charge is 0.357 e. The molecule has 72 valence electrons.